The minimum absolute atomic E-state index is 0.00160. The lowest BCUT2D eigenvalue weighted by molar-refractivity contribution is -0.137. The van der Waals surface area contributed by atoms with Gasteiger partial charge in [-0.25, -0.2) is 4.39 Å². The van der Waals surface area contributed by atoms with E-state index in [9.17, 15) is 27.2 Å². The Hall–Kier alpha value is -3.76. The fraction of sp³-hybridized carbons (Fsp3) is 0.238. The molecule has 0 radical (unpaired) electrons. The van der Waals surface area contributed by atoms with Crippen LogP contribution in [0.5, 0.6) is 0 Å². The summed E-state index contributed by atoms with van der Waals surface area (Å²) in [5, 5.41) is 8.47. The van der Waals surface area contributed by atoms with Gasteiger partial charge in [-0.1, -0.05) is 17.3 Å². The molecule has 0 unspecified atom stereocenters. The Morgan fingerprint density at radius 2 is 1.81 bits per heavy atom. The fourth-order valence-corrected chi connectivity index (χ4v) is 2.76. The number of hydrogen-bond acceptors (Lipinski definition) is 5. The molecule has 3 rings (SSSR count). The van der Waals surface area contributed by atoms with E-state index < -0.39 is 29.4 Å². The van der Waals surface area contributed by atoms with Crippen LogP contribution in [-0.2, 0) is 22.2 Å². The summed E-state index contributed by atoms with van der Waals surface area (Å²) < 4.78 is 57.8. The SMILES string of the molecule is CC(=O)Nc1ccc(C(F)(F)F)cc1NC(=O)CCc1nc(-c2ccc(C)c(F)c2)no1. The molecule has 2 aromatic carbocycles. The van der Waals surface area contributed by atoms with Crippen molar-refractivity contribution in [3.8, 4) is 11.4 Å². The third kappa shape index (κ3) is 5.68. The largest absolute Gasteiger partial charge is 0.416 e. The molecule has 0 fully saturated rings. The lowest BCUT2D eigenvalue weighted by Crippen LogP contribution is -2.17. The lowest BCUT2D eigenvalue weighted by Gasteiger charge is -2.14. The van der Waals surface area contributed by atoms with E-state index in [0.717, 1.165) is 18.2 Å². The highest BCUT2D eigenvalue weighted by Crippen LogP contribution is 2.34. The molecule has 7 nitrogen and oxygen atoms in total. The number of hydrogen-bond donors (Lipinski definition) is 2. The Labute approximate surface area is 179 Å². The van der Waals surface area contributed by atoms with Gasteiger partial charge < -0.3 is 15.2 Å². The Balaban J connectivity index is 1.69. The van der Waals surface area contributed by atoms with Crippen molar-refractivity contribution in [1.29, 1.82) is 0 Å². The third-order valence-electron chi connectivity index (χ3n) is 4.40. The molecule has 0 saturated heterocycles. The van der Waals surface area contributed by atoms with E-state index in [1.165, 1.54) is 13.0 Å². The van der Waals surface area contributed by atoms with Gasteiger partial charge >= 0.3 is 6.18 Å². The molecule has 11 heteroatoms. The van der Waals surface area contributed by atoms with Crippen LogP contribution in [0.2, 0.25) is 0 Å². The van der Waals surface area contributed by atoms with Crippen molar-refractivity contribution < 1.29 is 31.7 Å². The maximum atomic E-state index is 13.7. The highest BCUT2D eigenvalue weighted by Gasteiger charge is 2.31. The number of carbonyl (C=O) groups excluding carboxylic acids is 2. The summed E-state index contributed by atoms with van der Waals surface area (Å²) in [6.45, 7) is 2.80. The van der Waals surface area contributed by atoms with E-state index in [1.807, 2.05) is 0 Å². The van der Waals surface area contributed by atoms with Gasteiger partial charge in [0.25, 0.3) is 0 Å². The van der Waals surface area contributed by atoms with Gasteiger partial charge in [0.2, 0.25) is 23.5 Å². The summed E-state index contributed by atoms with van der Waals surface area (Å²) in [5.41, 5.74) is -0.283. The maximum Gasteiger partial charge on any atom is 0.416 e. The molecule has 0 atom stereocenters. The molecular weight excluding hydrogens is 432 g/mol. The van der Waals surface area contributed by atoms with Crippen LogP contribution in [0.15, 0.2) is 40.9 Å². The predicted octanol–water partition coefficient (Wildman–Crippen LogP) is 4.73. The number of amides is 2. The van der Waals surface area contributed by atoms with Crippen LogP contribution < -0.4 is 10.6 Å². The summed E-state index contributed by atoms with van der Waals surface area (Å²) in [6, 6.07) is 7.04. The number of anilines is 2. The second kappa shape index (κ2) is 9.16. The monoisotopic (exact) mass is 450 g/mol. The van der Waals surface area contributed by atoms with Gasteiger partial charge in [0.05, 0.1) is 16.9 Å². The van der Waals surface area contributed by atoms with E-state index in [-0.39, 0.29) is 35.9 Å². The molecule has 1 aromatic heterocycles. The van der Waals surface area contributed by atoms with Crippen LogP contribution in [0, 0.1) is 12.7 Å². The van der Waals surface area contributed by atoms with Crippen LogP contribution in [0.3, 0.4) is 0 Å². The quantitative estimate of drug-likeness (QED) is 0.529. The standard InChI is InChI=1S/C21H18F4N4O3/c1-11-3-4-13(9-15(11)22)20-28-19(32-29-20)8-7-18(31)27-17-10-14(21(23,24)25)5-6-16(17)26-12(2)30/h3-6,9-10H,7-8H2,1-2H3,(H,26,30)(H,27,31). The van der Waals surface area contributed by atoms with E-state index in [4.69, 9.17) is 4.52 Å². The molecular formula is C21H18F4N4O3. The zero-order valence-electron chi connectivity index (χ0n) is 17.0. The average Bonchev–Trinajstić information content (AvgIpc) is 3.18. The number of benzene rings is 2. The number of aryl methyl sites for hydroxylation is 2. The topological polar surface area (TPSA) is 97.1 Å². The van der Waals surface area contributed by atoms with Crippen molar-refractivity contribution in [2.24, 2.45) is 0 Å². The third-order valence-corrected chi connectivity index (χ3v) is 4.40. The first-order valence-electron chi connectivity index (χ1n) is 9.40. The van der Waals surface area contributed by atoms with Crippen molar-refractivity contribution in [3.05, 3.63) is 59.2 Å². The molecule has 0 aliphatic heterocycles. The second-order valence-electron chi connectivity index (χ2n) is 6.96. The highest BCUT2D eigenvalue weighted by molar-refractivity contribution is 5.99. The lowest BCUT2D eigenvalue weighted by atomic mass is 10.1. The Morgan fingerprint density at radius 3 is 2.47 bits per heavy atom. The fourth-order valence-electron chi connectivity index (χ4n) is 2.76. The van der Waals surface area contributed by atoms with Crippen LogP contribution in [-0.4, -0.2) is 22.0 Å². The zero-order chi connectivity index (χ0) is 23.5. The molecule has 2 amide bonds. The molecule has 0 spiro atoms. The van der Waals surface area contributed by atoms with E-state index in [2.05, 4.69) is 20.8 Å². The number of aromatic nitrogens is 2. The van der Waals surface area contributed by atoms with E-state index >= 15 is 0 Å². The normalized spacial score (nSPS) is 11.3. The van der Waals surface area contributed by atoms with Gasteiger partial charge in [0, 0.05) is 25.3 Å². The molecule has 3 aromatic rings. The van der Waals surface area contributed by atoms with Crippen molar-refractivity contribution in [2.75, 3.05) is 10.6 Å². The van der Waals surface area contributed by atoms with Crippen LogP contribution in [0.25, 0.3) is 11.4 Å². The second-order valence-corrected chi connectivity index (χ2v) is 6.96. The molecule has 168 valence electrons. The van der Waals surface area contributed by atoms with Crippen molar-refractivity contribution in [3.63, 3.8) is 0 Å². The van der Waals surface area contributed by atoms with Gasteiger partial charge in [0.1, 0.15) is 5.82 Å². The number of rotatable bonds is 6. The maximum absolute atomic E-state index is 13.7. The molecule has 0 bridgehead atoms. The highest BCUT2D eigenvalue weighted by atomic mass is 19.4. The smallest absolute Gasteiger partial charge is 0.339 e. The molecule has 0 saturated carbocycles. The van der Waals surface area contributed by atoms with Crippen molar-refractivity contribution in [2.45, 2.75) is 32.9 Å². The van der Waals surface area contributed by atoms with Crippen LogP contribution in [0.1, 0.15) is 30.4 Å². The molecule has 1 heterocycles. The van der Waals surface area contributed by atoms with Gasteiger partial charge in [-0.3, -0.25) is 9.59 Å². The van der Waals surface area contributed by atoms with Gasteiger partial charge in [0.15, 0.2) is 0 Å². The minimum Gasteiger partial charge on any atom is -0.339 e. The molecule has 32 heavy (non-hydrogen) atoms. The van der Waals surface area contributed by atoms with Crippen molar-refractivity contribution >= 4 is 23.2 Å². The summed E-state index contributed by atoms with van der Waals surface area (Å²) in [6.07, 6.45) is -4.80. The van der Waals surface area contributed by atoms with Gasteiger partial charge in [-0.2, -0.15) is 18.2 Å². The summed E-state index contributed by atoms with van der Waals surface area (Å²) >= 11 is 0. The van der Waals surface area contributed by atoms with E-state index in [1.54, 1.807) is 19.1 Å². The zero-order valence-corrected chi connectivity index (χ0v) is 17.0. The number of nitrogens with one attached hydrogen (secondary N) is 2. The Bertz CT molecular complexity index is 1160. The first-order chi connectivity index (χ1) is 15.0. The van der Waals surface area contributed by atoms with E-state index in [0.29, 0.717) is 11.1 Å². The van der Waals surface area contributed by atoms with Crippen LogP contribution in [0.4, 0.5) is 28.9 Å². The number of halogens is 4. The Kier molecular flexibility index (Phi) is 6.56. The summed E-state index contributed by atoms with van der Waals surface area (Å²) in [7, 11) is 0. The number of carbonyl (C=O) groups is 2. The number of nitrogens with zero attached hydrogens (tertiary/aromatic N) is 2. The minimum atomic E-state index is -4.62. The Morgan fingerprint density at radius 1 is 1.06 bits per heavy atom. The van der Waals surface area contributed by atoms with Gasteiger partial charge in [-0.15, -0.1) is 0 Å². The first-order valence-corrected chi connectivity index (χ1v) is 9.40. The first kappa shape index (κ1) is 22.9. The number of alkyl halides is 3. The molecule has 2 N–H and O–H groups in total. The van der Waals surface area contributed by atoms with Crippen molar-refractivity contribution in [1.82, 2.24) is 10.1 Å². The van der Waals surface area contributed by atoms with Gasteiger partial charge in [-0.05, 0) is 36.8 Å². The summed E-state index contributed by atoms with van der Waals surface area (Å²) in [4.78, 5) is 27.7. The molecule has 0 aliphatic rings. The molecule has 0 aliphatic carbocycles. The predicted molar refractivity (Wildman–Crippen MR) is 107 cm³/mol. The average molecular weight is 450 g/mol. The summed E-state index contributed by atoms with van der Waals surface area (Å²) in [5.74, 6) is -1.32. The van der Waals surface area contributed by atoms with Crippen LogP contribution >= 0.6 is 0 Å².